The lowest BCUT2D eigenvalue weighted by Crippen LogP contribution is -2.46. The number of aromatic amines is 1. The van der Waals surface area contributed by atoms with E-state index in [1.807, 2.05) is 29.3 Å². The number of hydrogen-bond donors (Lipinski definition) is 2. The predicted molar refractivity (Wildman–Crippen MR) is 144 cm³/mol. The Morgan fingerprint density at radius 3 is 2.74 bits per heavy atom. The summed E-state index contributed by atoms with van der Waals surface area (Å²) in [6, 6.07) is 15.7. The van der Waals surface area contributed by atoms with E-state index in [1.165, 1.54) is 23.9 Å². The number of aromatic nitrogens is 2. The number of primary amides is 1. The second-order valence-corrected chi connectivity index (χ2v) is 9.41. The molecule has 4 aromatic rings. The van der Waals surface area contributed by atoms with Crippen molar-refractivity contribution in [2.45, 2.75) is 19.3 Å². The number of nitrogens with two attached hydrogens (primary N) is 1. The second-order valence-electron chi connectivity index (χ2n) is 9.41. The maximum atomic E-state index is 15.0. The summed E-state index contributed by atoms with van der Waals surface area (Å²) in [7, 11) is 0. The smallest absolute Gasteiger partial charge is 0.254 e. The van der Waals surface area contributed by atoms with E-state index in [2.05, 4.69) is 20.9 Å². The Labute approximate surface area is 220 Å². The zero-order valence-electron chi connectivity index (χ0n) is 21.0. The van der Waals surface area contributed by atoms with Crippen LogP contribution >= 0.6 is 0 Å². The van der Waals surface area contributed by atoms with Crippen molar-refractivity contribution in [1.29, 1.82) is 5.26 Å². The monoisotopic (exact) mass is 512 g/mol. The number of fused-ring (bicyclic) bond motifs is 1. The molecule has 3 N–H and O–H groups in total. The average molecular weight is 513 g/mol. The van der Waals surface area contributed by atoms with Crippen molar-refractivity contribution >= 4 is 22.5 Å². The van der Waals surface area contributed by atoms with Gasteiger partial charge in [-0.3, -0.25) is 9.69 Å². The Morgan fingerprint density at radius 1 is 1.13 bits per heavy atom. The fraction of sp³-hybridized carbons (Fsp3) is 0.276. The molecule has 0 spiro atoms. The summed E-state index contributed by atoms with van der Waals surface area (Å²) in [5.74, 6) is -0.733. The number of nitrogens with zero attached hydrogens (tertiary/aromatic N) is 4. The van der Waals surface area contributed by atoms with E-state index in [0.29, 0.717) is 11.3 Å². The maximum Gasteiger partial charge on any atom is 0.254 e. The van der Waals surface area contributed by atoms with Gasteiger partial charge in [-0.15, -0.1) is 0 Å². The quantitative estimate of drug-likeness (QED) is 0.317. The molecule has 1 aliphatic heterocycles. The van der Waals surface area contributed by atoms with Crippen molar-refractivity contribution in [2.24, 2.45) is 5.73 Å². The zero-order valence-corrected chi connectivity index (χ0v) is 21.0. The van der Waals surface area contributed by atoms with E-state index in [9.17, 15) is 14.4 Å². The third-order valence-corrected chi connectivity index (χ3v) is 6.95. The van der Waals surface area contributed by atoms with Gasteiger partial charge >= 0.3 is 0 Å². The number of carbonyl (C=O) groups is 1. The number of rotatable bonds is 9. The summed E-state index contributed by atoms with van der Waals surface area (Å²) < 4.78 is 20.6. The topological polar surface area (TPSA) is 111 Å². The highest BCUT2D eigenvalue weighted by molar-refractivity contribution is 5.95. The number of nitriles is 1. The molecule has 0 aliphatic carbocycles. The molecule has 3 heterocycles. The summed E-state index contributed by atoms with van der Waals surface area (Å²) in [6.07, 6.45) is 6.63. The number of hydrogen-bond acceptors (Lipinski definition) is 6. The lowest BCUT2D eigenvalue weighted by atomic mass is 10.1. The number of nitrogens with one attached hydrogen (secondary N) is 1. The molecule has 38 heavy (non-hydrogen) atoms. The summed E-state index contributed by atoms with van der Waals surface area (Å²) in [4.78, 5) is 23.4. The molecule has 0 atom stereocenters. The first-order chi connectivity index (χ1) is 18.5. The Bertz CT molecular complexity index is 1490. The maximum absolute atomic E-state index is 15.0. The van der Waals surface area contributed by atoms with Crippen LogP contribution < -0.4 is 15.4 Å². The summed E-state index contributed by atoms with van der Waals surface area (Å²) in [5, 5.41) is 10.3. The summed E-state index contributed by atoms with van der Waals surface area (Å²) in [6.45, 7) is 4.21. The minimum absolute atomic E-state index is 0.0531. The van der Waals surface area contributed by atoms with Crippen LogP contribution in [0.25, 0.3) is 10.9 Å². The van der Waals surface area contributed by atoms with Crippen LogP contribution in [0.4, 0.5) is 10.1 Å². The van der Waals surface area contributed by atoms with Gasteiger partial charge in [-0.2, -0.15) is 5.26 Å². The molecule has 2 aromatic carbocycles. The number of piperazine rings is 1. The average Bonchev–Trinajstić information content (AvgIpc) is 3.34. The number of halogens is 1. The largest absolute Gasteiger partial charge is 0.438 e. The van der Waals surface area contributed by atoms with E-state index in [0.717, 1.165) is 62.9 Å². The Hall–Kier alpha value is -4.42. The molecule has 2 aromatic heterocycles. The van der Waals surface area contributed by atoms with Crippen LogP contribution in [-0.4, -0.2) is 53.5 Å². The van der Waals surface area contributed by atoms with Crippen LogP contribution in [0, 0.1) is 17.1 Å². The van der Waals surface area contributed by atoms with Gasteiger partial charge < -0.3 is 20.4 Å². The third-order valence-electron chi connectivity index (χ3n) is 6.95. The van der Waals surface area contributed by atoms with Crippen LogP contribution in [0.1, 0.15) is 34.3 Å². The van der Waals surface area contributed by atoms with Gasteiger partial charge in [0.25, 0.3) is 5.91 Å². The molecule has 0 bridgehead atoms. The van der Waals surface area contributed by atoms with Gasteiger partial charge in [-0.25, -0.2) is 9.37 Å². The zero-order chi connectivity index (χ0) is 26.5. The number of aryl methyl sites for hydroxylation is 1. The van der Waals surface area contributed by atoms with E-state index in [-0.39, 0.29) is 23.0 Å². The highest BCUT2D eigenvalue weighted by atomic mass is 19.1. The van der Waals surface area contributed by atoms with E-state index in [4.69, 9.17) is 10.5 Å². The van der Waals surface area contributed by atoms with Crippen molar-refractivity contribution in [3.8, 4) is 17.7 Å². The second kappa shape index (κ2) is 11.3. The molecule has 1 fully saturated rings. The van der Waals surface area contributed by atoms with E-state index in [1.54, 1.807) is 18.2 Å². The Morgan fingerprint density at radius 2 is 1.97 bits per heavy atom. The van der Waals surface area contributed by atoms with Gasteiger partial charge in [-0.1, -0.05) is 0 Å². The molecule has 0 unspecified atom stereocenters. The fourth-order valence-electron chi connectivity index (χ4n) is 4.90. The SMILES string of the molecule is N#Cc1ccc2[nH]cc(CCCCN3CCN(c4ccc(Oc5ncccc5C(N)=O)cc4F)CC3)c2c1. The molecule has 9 heteroatoms. The molecule has 1 aliphatic rings. The van der Waals surface area contributed by atoms with Gasteiger partial charge in [0.05, 0.1) is 17.3 Å². The first kappa shape index (κ1) is 25.2. The lowest BCUT2D eigenvalue weighted by Gasteiger charge is -2.36. The van der Waals surface area contributed by atoms with Gasteiger partial charge in [0, 0.05) is 55.5 Å². The molecule has 1 amide bonds. The number of amides is 1. The van der Waals surface area contributed by atoms with Crippen LogP contribution in [-0.2, 0) is 6.42 Å². The molecule has 194 valence electrons. The molecule has 0 radical (unpaired) electrons. The van der Waals surface area contributed by atoms with Crippen molar-refractivity contribution in [3.05, 3.63) is 83.4 Å². The highest BCUT2D eigenvalue weighted by Gasteiger charge is 2.20. The third kappa shape index (κ3) is 5.61. The molecular formula is C29H29FN6O2. The first-order valence-electron chi connectivity index (χ1n) is 12.7. The lowest BCUT2D eigenvalue weighted by molar-refractivity contribution is 0.0997. The number of H-pyrrole nitrogens is 1. The number of pyridine rings is 1. The minimum atomic E-state index is -0.657. The van der Waals surface area contributed by atoms with Crippen LogP contribution in [0.2, 0.25) is 0 Å². The van der Waals surface area contributed by atoms with Gasteiger partial charge in [0.2, 0.25) is 5.88 Å². The van der Waals surface area contributed by atoms with Crippen molar-refractivity contribution in [3.63, 3.8) is 0 Å². The number of carbonyl (C=O) groups excluding carboxylic acids is 1. The van der Waals surface area contributed by atoms with Crippen LogP contribution in [0.15, 0.2) is 60.9 Å². The predicted octanol–water partition coefficient (Wildman–Crippen LogP) is 4.61. The fourth-order valence-corrected chi connectivity index (χ4v) is 4.90. The van der Waals surface area contributed by atoms with Crippen molar-refractivity contribution in [1.82, 2.24) is 14.9 Å². The van der Waals surface area contributed by atoms with Crippen molar-refractivity contribution < 1.29 is 13.9 Å². The van der Waals surface area contributed by atoms with Gasteiger partial charge in [0.1, 0.15) is 17.1 Å². The van der Waals surface area contributed by atoms with Gasteiger partial charge in [0.15, 0.2) is 0 Å². The highest BCUT2D eigenvalue weighted by Crippen LogP contribution is 2.29. The standard InChI is InChI=1S/C29H29FN6O2/c30-25-17-22(38-29-23(28(32)37)5-3-10-33-29)7-9-27(25)36-14-12-35(13-15-36)11-2-1-4-21-19-34-26-8-6-20(18-31)16-24(21)26/h3,5-10,16-17,19,34H,1-2,4,11-15H2,(H2,32,37). The summed E-state index contributed by atoms with van der Waals surface area (Å²) >= 11 is 0. The van der Waals surface area contributed by atoms with Crippen molar-refractivity contribution in [2.75, 3.05) is 37.6 Å². The first-order valence-corrected chi connectivity index (χ1v) is 12.7. The molecule has 0 saturated carbocycles. The molecule has 5 rings (SSSR count). The van der Waals surface area contributed by atoms with E-state index < -0.39 is 5.91 Å². The number of ether oxygens (including phenoxy) is 1. The van der Waals surface area contributed by atoms with Gasteiger partial charge in [-0.05, 0) is 73.8 Å². The normalized spacial score (nSPS) is 13.9. The molecule has 1 saturated heterocycles. The Kier molecular flexibility index (Phi) is 7.52. The molecular weight excluding hydrogens is 483 g/mol. The molecule has 8 nitrogen and oxygen atoms in total. The van der Waals surface area contributed by atoms with Crippen LogP contribution in [0.5, 0.6) is 11.6 Å². The van der Waals surface area contributed by atoms with Crippen LogP contribution in [0.3, 0.4) is 0 Å². The van der Waals surface area contributed by atoms with E-state index >= 15 is 0 Å². The number of unbranched alkanes of at least 4 members (excludes halogenated alkanes) is 1. The Balaban J connectivity index is 1.10. The minimum Gasteiger partial charge on any atom is -0.438 e. The number of anilines is 1. The number of benzene rings is 2. The summed E-state index contributed by atoms with van der Waals surface area (Å²) in [5.41, 5.74) is 9.03.